The van der Waals surface area contributed by atoms with Gasteiger partial charge in [-0.15, -0.1) is 0 Å². The molecule has 0 aliphatic rings. The average molecular weight is 243 g/mol. The van der Waals surface area contributed by atoms with Crippen molar-refractivity contribution in [1.82, 2.24) is 4.98 Å². The van der Waals surface area contributed by atoms with Gasteiger partial charge in [-0.2, -0.15) is 0 Å². The lowest BCUT2D eigenvalue weighted by molar-refractivity contribution is 0.151. The van der Waals surface area contributed by atoms with E-state index in [4.69, 9.17) is 4.74 Å². The van der Waals surface area contributed by atoms with E-state index >= 15 is 0 Å². The Morgan fingerprint density at radius 3 is 2.17 bits per heavy atom. The Morgan fingerprint density at radius 1 is 1.00 bits per heavy atom. The number of aromatic nitrogens is 1. The number of ether oxygens (including phenoxy) is 1. The van der Waals surface area contributed by atoms with Gasteiger partial charge in [0.2, 0.25) is 0 Å². The van der Waals surface area contributed by atoms with Gasteiger partial charge in [-0.3, -0.25) is 4.98 Å². The van der Waals surface area contributed by atoms with Gasteiger partial charge in [0.25, 0.3) is 0 Å². The van der Waals surface area contributed by atoms with Crippen LogP contribution in [0.4, 0.5) is 0 Å². The molecule has 3 heteroatoms. The maximum Gasteiger partial charge on any atom is 0.118 e. The summed E-state index contributed by atoms with van der Waals surface area (Å²) in [4.78, 5) is 3.98. The van der Waals surface area contributed by atoms with Crippen LogP contribution in [0.25, 0.3) is 0 Å². The van der Waals surface area contributed by atoms with Gasteiger partial charge in [0.15, 0.2) is 0 Å². The number of aliphatic hydroxyl groups is 1. The average Bonchev–Trinajstić information content (AvgIpc) is 2.47. The highest BCUT2D eigenvalue weighted by atomic mass is 16.5. The predicted molar refractivity (Wildman–Crippen MR) is 70.6 cm³/mol. The first-order chi connectivity index (χ1) is 8.72. The van der Waals surface area contributed by atoms with Crippen molar-refractivity contribution in [2.24, 2.45) is 0 Å². The van der Waals surface area contributed by atoms with Crippen molar-refractivity contribution in [3.05, 3.63) is 59.9 Å². The molecule has 3 nitrogen and oxygen atoms in total. The first-order valence-electron chi connectivity index (χ1n) is 5.94. The van der Waals surface area contributed by atoms with E-state index in [9.17, 15) is 5.11 Å². The Balaban J connectivity index is 2.17. The van der Waals surface area contributed by atoms with Crippen LogP contribution < -0.4 is 4.74 Å². The molecule has 0 spiro atoms. The van der Waals surface area contributed by atoms with Crippen molar-refractivity contribution in [3.8, 4) is 5.75 Å². The summed E-state index contributed by atoms with van der Waals surface area (Å²) >= 11 is 0. The number of methoxy groups -OCH3 is 1. The number of hydrogen-bond donors (Lipinski definition) is 1. The summed E-state index contributed by atoms with van der Waals surface area (Å²) in [5, 5.41) is 10.3. The largest absolute Gasteiger partial charge is 0.497 e. The molecular formula is C15H17NO2. The molecule has 2 atom stereocenters. The Labute approximate surface area is 107 Å². The van der Waals surface area contributed by atoms with E-state index in [0.717, 1.165) is 16.9 Å². The Kier molecular flexibility index (Phi) is 3.95. The third kappa shape index (κ3) is 2.68. The topological polar surface area (TPSA) is 42.4 Å². The first-order valence-corrected chi connectivity index (χ1v) is 5.94. The Hall–Kier alpha value is -1.87. The van der Waals surface area contributed by atoms with Gasteiger partial charge in [-0.1, -0.05) is 19.1 Å². The molecule has 2 unspecified atom stereocenters. The van der Waals surface area contributed by atoms with Crippen LogP contribution in [0.5, 0.6) is 5.75 Å². The first kappa shape index (κ1) is 12.6. The molecule has 0 amide bonds. The number of benzene rings is 1. The fourth-order valence-corrected chi connectivity index (χ4v) is 1.94. The molecule has 0 radical (unpaired) electrons. The highest BCUT2D eigenvalue weighted by Crippen LogP contribution is 2.30. The third-order valence-electron chi connectivity index (χ3n) is 3.16. The van der Waals surface area contributed by atoms with E-state index < -0.39 is 6.10 Å². The Bertz CT molecular complexity index is 482. The molecule has 0 saturated heterocycles. The van der Waals surface area contributed by atoms with Gasteiger partial charge in [0, 0.05) is 18.3 Å². The summed E-state index contributed by atoms with van der Waals surface area (Å²) in [6, 6.07) is 11.4. The number of rotatable bonds is 4. The molecule has 0 aliphatic heterocycles. The van der Waals surface area contributed by atoms with Gasteiger partial charge in [-0.25, -0.2) is 0 Å². The second-order valence-electron chi connectivity index (χ2n) is 4.29. The maximum absolute atomic E-state index is 10.3. The van der Waals surface area contributed by atoms with E-state index in [1.807, 2.05) is 43.3 Å². The molecule has 94 valence electrons. The molecule has 0 fully saturated rings. The van der Waals surface area contributed by atoms with Crippen molar-refractivity contribution < 1.29 is 9.84 Å². The van der Waals surface area contributed by atoms with E-state index in [1.54, 1.807) is 19.5 Å². The third-order valence-corrected chi connectivity index (χ3v) is 3.16. The van der Waals surface area contributed by atoms with Crippen LogP contribution in [0.15, 0.2) is 48.8 Å². The molecule has 1 aromatic heterocycles. The van der Waals surface area contributed by atoms with Crippen LogP contribution in [0.1, 0.15) is 30.1 Å². The molecule has 2 aromatic rings. The standard InChI is InChI=1S/C15H17NO2/c1-11(12-7-9-16-10-8-12)15(17)13-3-5-14(18-2)6-4-13/h3-11,15,17H,1-2H3. The fourth-order valence-electron chi connectivity index (χ4n) is 1.94. The molecular weight excluding hydrogens is 226 g/mol. The molecule has 1 heterocycles. The van der Waals surface area contributed by atoms with E-state index in [2.05, 4.69) is 4.98 Å². The van der Waals surface area contributed by atoms with Crippen LogP contribution in [0, 0.1) is 0 Å². The summed E-state index contributed by atoms with van der Waals surface area (Å²) in [7, 11) is 1.63. The van der Waals surface area contributed by atoms with Gasteiger partial charge in [-0.05, 0) is 35.4 Å². The minimum absolute atomic E-state index is 0.0291. The molecule has 1 aromatic carbocycles. The SMILES string of the molecule is COc1ccc(C(O)C(C)c2ccncc2)cc1. The van der Waals surface area contributed by atoms with Gasteiger partial charge in [0.1, 0.15) is 5.75 Å². The molecule has 1 N–H and O–H groups in total. The molecule has 2 rings (SSSR count). The van der Waals surface area contributed by atoms with Crippen molar-refractivity contribution in [1.29, 1.82) is 0 Å². The summed E-state index contributed by atoms with van der Waals surface area (Å²) in [5.41, 5.74) is 1.97. The summed E-state index contributed by atoms with van der Waals surface area (Å²) in [6.07, 6.45) is 2.96. The van der Waals surface area contributed by atoms with Crippen LogP contribution >= 0.6 is 0 Å². The van der Waals surface area contributed by atoms with Gasteiger partial charge >= 0.3 is 0 Å². The van der Waals surface area contributed by atoms with Crippen LogP contribution in [0.3, 0.4) is 0 Å². The minimum atomic E-state index is -0.529. The predicted octanol–water partition coefficient (Wildman–Crippen LogP) is 2.93. The van der Waals surface area contributed by atoms with Gasteiger partial charge in [0.05, 0.1) is 13.2 Å². The Morgan fingerprint density at radius 2 is 1.61 bits per heavy atom. The van der Waals surface area contributed by atoms with Crippen molar-refractivity contribution in [2.75, 3.05) is 7.11 Å². The van der Waals surface area contributed by atoms with Crippen LogP contribution in [0.2, 0.25) is 0 Å². The minimum Gasteiger partial charge on any atom is -0.497 e. The van der Waals surface area contributed by atoms with Crippen LogP contribution in [-0.4, -0.2) is 17.2 Å². The fraction of sp³-hybridized carbons (Fsp3) is 0.267. The second kappa shape index (κ2) is 5.65. The number of hydrogen-bond acceptors (Lipinski definition) is 3. The number of aliphatic hydroxyl groups excluding tert-OH is 1. The number of nitrogens with zero attached hydrogens (tertiary/aromatic N) is 1. The van der Waals surface area contributed by atoms with Crippen LogP contribution in [-0.2, 0) is 0 Å². The molecule has 18 heavy (non-hydrogen) atoms. The molecule has 0 bridgehead atoms. The normalized spacial score (nSPS) is 13.9. The zero-order valence-electron chi connectivity index (χ0n) is 10.6. The van der Waals surface area contributed by atoms with E-state index in [1.165, 1.54) is 0 Å². The smallest absolute Gasteiger partial charge is 0.118 e. The zero-order valence-corrected chi connectivity index (χ0v) is 10.6. The lowest BCUT2D eigenvalue weighted by atomic mass is 9.91. The van der Waals surface area contributed by atoms with Crippen molar-refractivity contribution in [3.63, 3.8) is 0 Å². The molecule has 0 aliphatic carbocycles. The second-order valence-corrected chi connectivity index (χ2v) is 4.29. The van der Waals surface area contributed by atoms with Crippen molar-refractivity contribution >= 4 is 0 Å². The van der Waals surface area contributed by atoms with E-state index in [-0.39, 0.29) is 5.92 Å². The lowest BCUT2D eigenvalue weighted by Gasteiger charge is -2.19. The molecule has 0 saturated carbocycles. The summed E-state index contributed by atoms with van der Waals surface area (Å²) in [6.45, 7) is 2.00. The monoisotopic (exact) mass is 243 g/mol. The zero-order chi connectivity index (χ0) is 13.0. The number of pyridine rings is 1. The van der Waals surface area contributed by atoms with Crippen molar-refractivity contribution in [2.45, 2.75) is 18.9 Å². The van der Waals surface area contributed by atoms with Gasteiger partial charge < -0.3 is 9.84 Å². The highest BCUT2D eigenvalue weighted by molar-refractivity contribution is 5.30. The highest BCUT2D eigenvalue weighted by Gasteiger charge is 2.17. The van der Waals surface area contributed by atoms with E-state index in [0.29, 0.717) is 0 Å². The maximum atomic E-state index is 10.3. The lowest BCUT2D eigenvalue weighted by Crippen LogP contribution is -2.07. The summed E-state index contributed by atoms with van der Waals surface area (Å²) in [5.74, 6) is 0.823. The summed E-state index contributed by atoms with van der Waals surface area (Å²) < 4.78 is 5.10. The quantitative estimate of drug-likeness (QED) is 0.897.